The number of benzene rings is 4. The summed E-state index contributed by atoms with van der Waals surface area (Å²) in [6.45, 7) is 14.9. The lowest BCUT2D eigenvalue weighted by molar-refractivity contribution is -0.149. The van der Waals surface area contributed by atoms with Crippen molar-refractivity contribution in [2.24, 2.45) is 0 Å². The van der Waals surface area contributed by atoms with Crippen LogP contribution in [0.4, 0.5) is 0 Å². The molecule has 18 nitrogen and oxygen atoms in total. The molecule has 3 atom stereocenters. The molecule has 3 N–H and O–H groups in total. The minimum atomic E-state index is -1.09. The van der Waals surface area contributed by atoms with Gasteiger partial charge in [0.15, 0.2) is 0 Å². The Kier molecular flexibility index (Phi) is 74.3. The molecule has 0 fully saturated rings. The Labute approximate surface area is 835 Å². The van der Waals surface area contributed by atoms with Gasteiger partial charge in [0.2, 0.25) is 0 Å². The van der Waals surface area contributed by atoms with Gasteiger partial charge in [-0.15, -0.1) is 0 Å². The molecule has 0 saturated carbocycles. The van der Waals surface area contributed by atoms with E-state index in [-0.39, 0.29) is 75.0 Å². The lowest BCUT2D eigenvalue weighted by atomic mass is 10.0. The number of amides is 3. The number of esters is 6. The molecule has 0 aliphatic heterocycles. The van der Waals surface area contributed by atoms with Gasteiger partial charge in [-0.1, -0.05) is 424 Å². The minimum Gasteiger partial charge on any atom is -0.466 e. The van der Waals surface area contributed by atoms with Crippen LogP contribution in [-0.2, 0) is 57.2 Å². The van der Waals surface area contributed by atoms with E-state index in [1.165, 1.54) is 250 Å². The molecular formula is C120H183N3O15. The fraction of sp³-hybridized carbons (Fsp3) is 0.675. The van der Waals surface area contributed by atoms with Gasteiger partial charge in [-0.05, 0) is 149 Å². The van der Waals surface area contributed by atoms with Crippen LogP contribution in [0.25, 0.3) is 0 Å². The summed E-state index contributed by atoms with van der Waals surface area (Å²) in [5.74, 6) is 14.9. The van der Waals surface area contributed by atoms with Crippen molar-refractivity contribution in [1.29, 1.82) is 0 Å². The zero-order valence-corrected chi connectivity index (χ0v) is 86.9. The van der Waals surface area contributed by atoms with E-state index in [0.717, 1.165) is 116 Å². The predicted octanol–water partition coefficient (Wildman–Crippen LogP) is 29.3. The van der Waals surface area contributed by atoms with Crippen LogP contribution in [0.1, 0.15) is 530 Å². The summed E-state index contributed by atoms with van der Waals surface area (Å²) < 4.78 is 34.1. The highest BCUT2D eigenvalue weighted by Crippen LogP contribution is 2.22. The summed E-state index contributed by atoms with van der Waals surface area (Å²) in [5.41, 5.74) is 4.25. The summed E-state index contributed by atoms with van der Waals surface area (Å²) in [5, 5.41) is 8.59. The van der Waals surface area contributed by atoms with Crippen LogP contribution in [0.15, 0.2) is 91.0 Å². The van der Waals surface area contributed by atoms with Crippen molar-refractivity contribution in [2.75, 3.05) is 39.6 Å². The van der Waals surface area contributed by atoms with Gasteiger partial charge < -0.3 is 44.4 Å². The topological polar surface area (TPSA) is 245 Å². The Hall–Kier alpha value is -9.21. The van der Waals surface area contributed by atoms with Gasteiger partial charge in [0.25, 0.3) is 17.7 Å². The van der Waals surface area contributed by atoms with Gasteiger partial charge in [-0.2, -0.15) is 0 Å². The van der Waals surface area contributed by atoms with E-state index in [2.05, 4.69) is 93.0 Å². The van der Waals surface area contributed by atoms with Crippen LogP contribution in [0.3, 0.4) is 0 Å². The first-order chi connectivity index (χ1) is 67.6. The van der Waals surface area contributed by atoms with E-state index in [0.29, 0.717) is 72.5 Å². The third-order valence-electron chi connectivity index (χ3n) is 25.6. The average Bonchev–Trinajstić information content (AvgIpc) is 0.838. The van der Waals surface area contributed by atoms with Gasteiger partial charge >= 0.3 is 35.8 Å². The van der Waals surface area contributed by atoms with Crippen LogP contribution in [0, 0.1) is 35.5 Å². The standard InChI is InChI=1S/C120H183N3O15/c1-7-13-19-25-31-37-43-49-55-61-91-133-112(124)88-85-109(118(130)136-94-64-58-52-46-40-34-28-22-16-10-4)121-115(127)106-79-73-100(74-80-106)67-70-103-97-104(71-68-101-75-81-107(82-76-101)116(128)122-110(119(131)137-95-65-59-53-47-41-35-29-23-17-11-5)86-89-113(125)134-92-62-56-50-44-38-32-26-20-14-8-2)99-105(98-103)72-69-102-77-83-108(84-78-102)117(129)123-111(120(132)138-96-66-60-54-48-42-36-30-24-18-12-6)87-90-114(126)135-93-63-57-51-45-39-33-27-21-15-9-3/h73-84,97-99,109-111H,7-66,85-96H2,1-6H3,(H,121,127)(H,122,128)(H,123,129)/t109-,110-,111-/m0/s1. The molecule has 0 saturated heterocycles. The van der Waals surface area contributed by atoms with E-state index in [1.807, 2.05) is 18.2 Å². The quantitative estimate of drug-likeness (QED) is 0.0161. The van der Waals surface area contributed by atoms with E-state index in [9.17, 15) is 43.2 Å². The molecule has 0 unspecified atom stereocenters. The Balaban J connectivity index is 1.61. The zero-order chi connectivity index (χ0) is 99.2. The van der Waals surface area contributed by atoms with Crippen molar-refractivity contribution in [1.82, 2.24) is 16.0 Å². The van der Waals surface area contributed by atoms with Crippen molar-refractivity contribution in [2.45, 2.75) is 483 Å². The van der Waals surface area contributed by atoms with Crippen LogP contribution in [-0.4, -0.2) is 111 Å². The fourth-order valence-corrected chi connectivity index (χ4v) is 16.8. The number of rotatable bonds is 84. The molecule has 0 bridgehead atoms. The number of carbonyl (C=O) groups is 9. The smallest absolute Gasteiger partial charge is 0.328 e. The van der Waals surface area contributed by atoms with E-state index < -0.39 is 71.7 Å². The molecule has 0 aliphatic rings. The van der Waals surface area contributed by atoms with Crippen LogP contribution in [0.5, 0.6) is 0 Å². The molecule has 138 heavy (non-hydrogen) atoms. The Morgan fingerprint density at radius 3 is 0.529 bits per heavy atom. The van der Waals surface area contributed by atoms with Crippen LogP contribution in [0.2, 0.25) is 0 Å². The summed E-state index contributed by atoms with van der Waals surface area (Å²) in [4.78, 5) is 123. The Morgan fingerprint density at radius 1 is 0.203 bits per heavy atom. The van der Waals surface area contributed by atoms with Crippen LogP contribution < -0.4 is 16.0 Å². The van der Waals surface area contributed by atoms with Crippen molar-refractivity contribution in [3.63, 3.8) is 0 Å². The first-order valence-electron chi connectivity index (χ1n) is 55.5. The number of hydrogen-bond donors (Lipinski definition) is 3. The third-order valence-corrected chi connectivity index (χ3v) is 25.6. The second-order valence-electron chi connectivity index (χ2n) is 38.2. The van der Waals surface area contributed by atoms with Gasteiger partial charge in [0.1, 0.15) is 18.1 Å². The van der Waals surface area contributed by atoms with Gasteiger partial charge in [-0.3, -0.25) is 28.8 Å². The molecule has 0 heterocycles. The van der Waals surface area contributed by atoms with Crippen molar-refractivity contribution < 1.29 is 71.6 Å². The first kappa shape index (κ1) is 121. The van der Waals surface area contributed by atoms with Crippen molar-refractivity contribution in [3.05, 3.63) is 141 Å². The van der Waals surface area contributed by atoms with Gasteiger partial charge in [-0.25, -0.2) is 14.4 Å². The molecule has 4 aromatic carbocycles. The maximum Gasteiger partial charge on any atom is 0.328 e. The Morgan fingerprint density at radius 2 is 0.355 bits per heavy atom. The molecular weight excluding hydrogens is 1720 g/mol. The predicted molar refractivity (Wildman–Crippen MR) is 562 cm³/mol. The molecule has 0 aromatic heterocycles. The summed E-state index contributed by atoms with van der Waals surface area (Å²) in [6, 6.07) is 22.3. The highest BCUT2D eigenvalue weighted by atomic mass is 16.6. The fourth-order valence-electron chi connectivity index (χ4n) is 16.8. The van der Waals surface area contributed by atoms with Gasteiger partial charge in [0, 0.05) is 69.3 Å². The van der Waals surface area contributed by atoms with Gasteiger partial charge in [0.05, 0.1) is 39.6 Å². The lowest BCUT2D eigenvalue weighted by Crippen LogP contribution is -2.42. The van der Waals surface area contributed by atoms with Crippen molar-refractivity contribution in [3.8, 4) is 35.5 Å². The SMILES string of the molecule is CCCCCCCCCCCCOC(=O)CC[C@H](NC(=O)c1ccc(C#Cc2cc(C#Cc3ccc(C(=O)N[C@@H](CCC(=O)OCCCCCCCCCCCC)C(=O)OCCCCCCCCCCCC)cc3)cc(C#Cc3ccc(C(=O)N[C@@H](CCC(=O)OCCCCCCCCCCCC)C(=O)OCCCCCCCCCCCC)cc3)c2)cc1)C(=O)OCCCCCCCCCCCC. The molecule has 4 rings (SSSR count). The summed E-state index contributed by atoms with van der Waals surface area (Å²) in [7, 11) is 0. The number of ether oxygens (including phenoxy) is 6. The highest BCUT2D eigenvalue weighted by Gasteiger charge is 2.28. The maximum absolute atomic E-state index is 14.1. The molecule has 4 aromatic rings. The monoisotopic (exact) mass is 1910 g/mol. The molecule has 0 aliphatic carbocycles. The lowest BCUT2D eigenvalue weighted by Gasteiger charge is -2.18. The molecule has 768 valence electrons. The first-order valence-corrected chi connectivity index (χ1v) is 55.5. The maximum atomic E-state index is 14.1. The number of nitrogens with one attached hydrogen (secondary N) is 3. The van der Waals surface area contributed by atoms with E-state index in [4.69, 9.17) is 28.4 Å². The second-order valence-corrected chi connectivity index (χ2v) is 38.2. The number of hydrogen-bond acceptors (Lipinski definition) is 15. The van der Waals surface area contributed by atoms with Crippen molar-refractivity contribution >= 4 is 53.5 Å². The minimum absolute atomic E-state index is 0.0142. The largest absolute Gasteiger partial charge is 0.466 e. The zero-order valence-electron chi connectivity index (χ0n) is 86.9. The number of carbonyl (C=O) groups excluding carboxylic acids is 9. The summed E-state index contributed by atoms with van der Waals surface area (Å²) in [6.07, 6.45) is 68.5. The average molecular weight is 1910 g/mol. The Bertz CT molecular complexity index is 3660. The van der Waals surface area contributed by atoms with E-state index in [1.54, 1.807) is 72.8 Å². The summed E-state index contributed by atoms with van der Waals surface area (Å²) >= 11 is 0. The van der Waals surface area contributed by atoms with Crippen LogP contribution >= 0.6 is 0 Å². The second kappa shape index (κ2) is 84.6. The third kappa shape index (κ3) is 64.2. The highest BCUT2D eigenvalue weighted by molar-refractivity contribution is 5.98. The molecule has 18 heteroatoms. The normalized spacial score (nSPS) is 11.6. The molecule has 0 radical (unpaired) electrons. The number of unbranched alkanes of at least 4 members (excludes halogenated alkanes) is 54. The molecule has 0 spiro atoms. The molecule has 3 amide bonds. The van der Waals surface area contributed by atoms with E-state index >= 15 is 0 Å².